The Morgan fingerprint density at radius 3 is 2.44 bits per heavy atom. The van der Waals surface area contributed by atoms with Crippen LogP contribution in [0.4, 0.5) is 0 Å². The van der Waals surface area contributed by atoms with Gasteiger partial charge in [-0.25, -0.2) is 8.42 Å². The zero-order chi connectivity index (χ0) is 13.8. The van der Waals surface area contributed by atoms with Crippen molar-refractivity contribution >= 4 is 10.0 Å². The second-order valence-electron chi connectivity index (χ2n) is 3.88. The van der Waals surface area contributed by atoms with Crippen molar-refractivity contribution in [2.75, 3.05) is 13.1 Å². The molecule has 0 aliphatic heterocycles. The first kappa shape index (κ1) is 14.2. The topological polar surface area (TPSA) is 61.2 Å². The molecule has 0 saturated carbocycles. The molecule has 0 fully saturated rings. The maximum atomic E-state index is 12.3. The average molecular weight is 262 g/mol. The van der Waals surface area contributed by atoms with Crippen molar-refractivity contribution in [1.29, 1.82) is 5.26 Å². The van der Waals surface area contributed by atoms with Gasteiger partial charge < -0.3 is 0 Å². The lowest BCUT2D eigenvalue weighted by Crippen LogP contribution is -2.31. The first-order valence-corrected chi connectivity index (χ1v) is 6.75. The number of nitrogens with zero attached hydrogens (tertiary/aromatic N) is 2. The molecule has 0 N–H and O–H groups in total. The number of rotatable bonds is 4. The van der Waals surface area contributed by atoms with Crippen LogP contribution in [0.2, 0.25) is 0 Å². The lowest BCUT2D eigenvalue weighted by molar-refractivity contribution is 0.481. The molecule has 1 rings (SSSR count). The van der Waals surface area contributed by atoms with Gasteiger partial charge in [0.05, 0.1) is 17.5 Å². The molecule has 0 amide bonds. The Morgan fingerprint density at radius 2 is 1.94 bits per heavy atom. The molecule has 94 valence electrons. The molecule has 0 aromatic heterocycles. The van der Waals surface area contributed by atoms with Gasteiger partial charge in [0.15, 0.2) is 0 Å². The van der Waals surface area contributed by atoms with Gasteiger partial charge in [0.1, 0.15) is 6.54 Å². The van der Waals surface area contributed by atoms with E-state index < -0.39 is 10.0 Å². The molecule has 0 heterocycles. The van der Waals surface area contributed by atoms with E-state index in [1.54, 1.807) is 18.2 Å². The smallest absolute Gasteiger partial charge is 0.207 e. The zero-order valence-electron chi connectivity index (χ0n) is 10.3. The van der Waals surface area contributed by atoms with Crippen LogP contribution in [0.3, 0.4) is 0 Å². The second kappa shape index (κ2) is 5.68. The van der Waals surface area contributed by atoms with Gasteiger partial charge in [-0.2, -0.15) is 9.57 Å². The fourth-order valence-corrected chi connectivity index (χ4v) is 2.77. The number of benzene rings is 1. The summed E-state index contributed by atoms with van der Waals surface area (Å²) in [7, 11) is -3.70. The van der Waals surface area contributed by atoms with Crippen LogP contribution in [0.25, 0.3) is 0 Å². The Kier molecular flexibility index (Phi) is 4.49. The second-order valence-corrected chi connectivity index (χ2v) is 5.82. The van der Waals surface area contributed by atoms with Crippen molar-refractivity contribution in [2.45, 2.75) is 18.7 Å². The zero-order valence-corrected chi connectivity index (χ0v) is 11.2. The predicted octanol–water partition coefficient (Wildman–Crippen LogP) is 1.45. The molecule has 0 bridgehead atoms. The van der Waals surface area contributed by atoms with Crippen LogP contribution in [0.15, 0.2) is 23.1 Å². The normalized spacial score (nSPS) is 10.9. The van der Waals surface area contributed by atoms with Crippen LogP contribution < -0.4 is 0 Å². The third-order valence-electron chi connectivity index (χ3n) is 2.63. The fraction of sp³-hybridized carbons (Fsp3) is 0.308. The summed E-state index contributed by atoms with van der Waals surface area (Å²) in [4.78, 5) is 0.163. The third-order valence-corrected chi connectivity index (χ3v) is 4.42. The molecule has 0 radical (unpaired) electrons. The van der Waals surface area contributed by atoms with E-state index in [4.69, 9.17) is 11.7 Å². The summed E-state index contributed by atoms with van der Waals surface area (Å²) in [6.45, 7) is 3.38. The van der Waals surface area contributed by atoms with E-state index in [1.165, 1.54) is 6.07 Å². The van der Waals surface area contributed by atoms with E-state index in [1.807, 2.05) is 13.8 Å². The molecule has 1 aromatic rings. The van der Waals surface area contributed by atoms with Gasteiger partial charge in [-0.05, 0) is 37.1 Å². The first-order chi connectivity index (χ1) is 8.43. The molecule has 0 spiro atoms. The summed E-state index contributed by atoms with van der Waals surface area (Å²) in [5.41, 5.74) is 1.89. The molecule has 0 saturated heterocycles. The van der Waals surface area contributed by atoms with Gasteiger partial charge in [-0.3, -0.25) is 0 Å². The number of hydrogen-bond donors (Lipinski definition) is 0. The minimum absolute atomic E-state index is 0.108. The quantitative estimate of drug-likeness (QED) is 0.609. The van der Waals surface area contributed by atoms with E-state index in [-0.39, 0.29) is 18.0 Å². The van der Waals surface area contributed by atoms with E-state index in [9.17, 15) is 8.42 Å². The highest BCUT2D eigenvalue weighted by molar-refractivity contribution is 7.89. The molecule has 1 aromatic carbocycles. The highest BCUT2D eigenvalue weighted by Crippen LogP contribution is 2.18. The van der Waals surface area contributed by atoms with E-state index >= 15 is 0 Å². The minimum atomic E-state index is -3.70. The number of sulfonamides is 1. The molecule has 4 nitrogen and oxygen atoms in total. The molecule has 0 aliphatic rings. The summed E-state index contributed by atoms with van der Waals surface area (Å²) in [5.74, 6) is 2.25. The van der Waals surface area contributed by atoms with Gasteiger partial charge in [-0.1, -0.05) is 12.0 Å². The largest absolute Gasteiger partial charge is 0.244 e. The summed E-state index contributed by atoms with van der Waals surface area (Å²) in [5, 5.41) is 8.65. The summed E-state index contributed by atoms with van der Waals surface area (Å²) in [6.07, 6.45) is 5.12. The Hall–Kier alpha value is -1.82. The molecule has 0 atom stereocenters. The minimum Gasteiger partial charge on any atom is -0.207 e. The summed E-state index contributed by atoms with van der Waals surface area (Å²) < 4.78 is 25.5. The number of nitriles is 1. The molecule has 0 aliphatic carbocycles. The van der Waals surface area contributed by atoms with Gasteiger partial charge >= 0.3 is 0 Å². The first-order valence-electron chi connectivity index (χ1n) is 5.31. The van der Waals surface area contributed by atoms with Crippen molar-refractivity contribution in [2.24, 2.45) is 0 Å². The number of aryl methyl sites for hydroxylation is 2. The highest BCUT2D eigenvalue weighted by atomic mass is 32.2. The summed E-state index contributed by atoms with van der Waals surface area (Å²) >= 11 is 0. The van der Waals surface area contributed by atoms with Gasteiger partial charge in [0.2, 0.25) is 10.0 Å². The van der Waals surface area contributed by atoms with Gasteiger partial charge in [0.25, 0.3) is 0 Å². The van der Waals surface area contributed by atoms with Crippen molar-refractivity contribution in [3.63, 3.8) is 0 Å². The van der Waals surface area contributed by atoms with Crippen LogP contribution in [0.1, 0.15) is 11.1 Å². The standard InChI is InChI=1S/C13H14N2O2S/c1-4-8-15(9-7-14)18(16,17)13-6-5-11(2)12(3)10-13/h1,5-6,10H,8-9H2,2-3H3. The Labute approximate surface area is 108 Å². The van der Waals surface area contributed by atoms with E-state index in [2.05, 4.69) is 5.92 Å². The number of terminal acetylenes is 1. The SMILES string of the molecule is C#CCN(CC#N)S(=O)(=O)c1ccc(C)c(C)c1. The average Bonchev–Trinajstić information content (AvgIpc) is 2.32. The molecule has 5 heteroatoms. The van der Waals surface area contributed by atoms with Crippen molar-refractivity contribution in [1.82, 2.24) is 4.31 Å². The van der Waals surface area contributed by atoms with Crippen LogP contribution in [-0.4, -0.2) is 25.8 Å². The Morgan fingerprint density at radius 1 is 1.28 bits per heavy atom. The van der Waals surface area contributed by atoms with Crippen LogP contribution in [-0.2, 0) is 10.0 Å². The van der Waals surface area contributed by atoms with Crippen LogP contribution >= 0.6 is 0 Å². The molecular weight excluding hydrogens is 248 g/mol. The van der Waals surface area contributed by atoms with E-state index in [0.717, 1.165) is 15.4 Å². The van der Waals surface area contributed by atoms with Crippen molar-refractivity contribution in [3.8, 4) is 18.4 Å². The lowest BCUT2D eigenvalue weighted by Gasteiger charge is -2.17. The monoisotopic (exact) mass is 262 g/mol. The van der Waals surface area contributed by atoms with Crippen LogP contribution in [0, 0.1) is 37.5 Å². The number of hydrogen-bond acceptors (Lipinski definition) is 3. The maximum absolute atomic E-state index is 12.3. The highest BCUT2D eigenvalue weighted by Gasteiger charge is 2.23. The Balaban J connectivity index is 3.23. The van der Waals surface area contributed by atoms with E-state index in [0.29, 0.717) is 0 Å². The van der Waals surface area contributed by atoms with Crippen molar-refractivity contribution in [3.05, 3.63) is 29.3 Å². The predicted molar refractivity (Wildman–Crippen MR) is 69.1 cm³/mol. The Bertz CT molecular complexity index is 605. The lowest BCUT2D eigenvalue weighted by atomic mass is 10.1. The fourth-order valence-electron chi connectivity index (χ4n) is 1.43. The molecule has 0 unspecified atom stereocenters. The van der Waals surface area contributed by atoms with Crippen molar-refractivity contribution < 1.29 is 8.42 Å². The molecule has 18 heavy (non-hydrogen) atoms. The maximum Gasteiger partial charge on any atom is 0.244 e. The third kappa shape index (κ3) is 2.89. The van der Waals surface area contributed by atoms with Gasteiger partial charge in [-0.15, -0.1) is 6.42 Å². The molecular formula is C13H14N2O2S. The van der Waals surface area contributed by atoms with Crippen LogP contribution in [0.5, 0.6) is 0 Å². The van der Waals surface area contributed by atoms with Gasteiger partial charge in [0, 0.05) is 0 Å². The summed E-state index contributed by atoms with van der Waals surface area (Å²) in [6, 6.07) is 6.66.